The van der Waals surface area contributed by atoms with Crippen molar-refractivity contribution in [3.05, 3.63) is 20.9 Å². The molecular formula is C9H14N6O4. The van der Waals surface area contributed by atoms with E-state index in [9.17, 15) is 5.11 Å². The Kier molecular flexibility index (Phi) is 3.81. The molecule has 10 nitrogen and oxygen atoms in total. The Morgan fingerprint density at radius 2 is 2.00 bits per heavy atom. The van der Waals surface area contributed by atoms with Crippen molar-refractivity contribution in [3.63, 3.8) is 0 Å². The minimum Gasteiger partial charge on any atom is -0.390 e. The van der Waals surface area contributed by atoms with Crippen molar-refractivity contribution >= 4 is 0 Å². The summed E-state index contributed by atoms with van der Waals surface area (Å²) in [6.45, 7) is 3.31. The molecule has 5 atom stereocenters. The van der Waals surface area contributed by atoms with Gasteiger partial charge in [0.1, 0.15) is 6.10 Å². The zero-order valence-corrected chi connectivity index (χ0v) is 10.4. The van der Waals surface area contributed by atoms with E-state index in [1.54, 1.807) is 13.8 Å². The fourth-order valence-corrected chi connectivity index (χ4v) is 2.23. The average molecular weight is 270 g/mol. The van der Waals surface area contributed by atoms with Crippen molar-refractivity contribution < 1.29 is 19.3 Å². The van der Waals surface area contributed by atoms with Crippen LogP contribution in [0.15, 0.2) is 10.2 Å². The number of aliphatic hydroxyl groups is 1. The first-order valence-corrected chi connectivity index (χ1v) is 5.73. The van der Waals surface area contributed by atoms with Crippen molar-refractivity contribution in [3.8, 4) is 0 Å². The van der Waals surface area contributed by atoms with Gasteiger partial charge in [-0.05, 0) is 24.9 Å². The summed E-state index contributed by atoms with van der Waals surface area (Å²) < 4.78 is 16.5. The minimum absolute atomic E-state index is 0.0652. The van der Waals surface area contributed by atoms with Gasteiger partial charge in [-0.3, -0.25) is 0 Å². The Bertz CT molecular complexity index is 444. The van der Waals surface area contributed by atoms with Crippen LogP contribution in [0.1, 0.15) is 13.8 Å². The van der Waals surface area contributed by atoms with Gasteiger partial charge in [0.05, 0.1) is 24.8 Å². The first-order chi connectivity index (χ1) is 8.98. The summed E-state index contributed by atoms with van der Waals surface area (Å²) in [5, 5.41) is 17.1. The molecule has 10 heteroatoms. The Morgan fingerprint density at radius 3 is 2.63 bits per heavy atom. The van der Waals surface area contributed by atoms with Crippen LogP contribution in [0.4, 0.5) is 0 Å². The molecule has 2 aliphatic heterocycles. The Labute approximate surface area is 108 Å². The molecule has 0 aliphatic carbocycles. The molecule has 5 unspecified atom stereocenters. The van der Waals surface area contributed by atoms with Gasteiger partial charge < -0.3 is 19.3 Å². The van der Waals surface area contributed by atoms with Gasteiger partial charge in [0, 0.05) is 9.82 Å². The number of rotatable bonds is 3. The molecule has 0 radical (unpaired) electrons. The van der Waals surface area contributed by atoms with Gasteiger partial charge in [0.2, 0.25) is 0 Å². The van der Waals surface area contributed by atoms with Crippen LogP contribution in [0.3, 0.4) is 0 Å². The summed E-state index contributed by atoms with van der Waals surface area (Å²) in [5.74, 6) is -0.898. The first-order valence-electron chi connectivity index (χ1n) is 5.73. The van der Waals surface area contributed by atoms with Crippen LogP contribution in [0.25, 0.3) is 20.9 Å². The van der Waals surface area contributed by atoms with Crippen molar-refractivity contribution in [2.75, 3.05) is 6.54 Å². The van der Waals surface area contributed by atoms with Gasteiger partial charge in [-0.15, -0.1) is 0 Å². The third-order valence-electron chi connectivity index (χ3n) is 2.97. The maximum absolute atomic E-state index is 10.2. The Balaban J connectivity index is 2.22. The number of nitrogens with zero attached hydrogens (tertiary/aromatic N) is 6. The second-order valence-corrected chi connectivity index (χ2v) is 4.74. The van der Waals surface area contributed by atoms with E-state index in [2.05, 4.69) is 20.1 Å². The van der Waals surface area contributed by atoms with Gasteiger partial charge >= 0.3 is 0 Å². The highest BCUT2D eigenvalue weighted by atomic mass is 16.8. The van der Waals surface area contributed by atoms with E-state index in [0.717, 1.165) is 0 Å². The zero-order chi connectivity index (χ0) is 14.0. The van der Waals surface area contributed by atoms with Crippen LogP contribution >= 0.6 is 0 Å². The molecule has 0 aromatic heterocycles. The molecule has 0 aromatic carbocycles. The maximum atomic E-state index is 10.2. The molecule has 104 valence electrons. The SMILES string of the molecule is CC1(C)OC2OC(CN=[N+]=[N-])C(N=[N+]=[N-])C(O)C2O1. The number of fused-ring (bicyclic) bond motifs is 1. The fourth-order valence-electron chi connectivity index (χ4n) is 2.23. The van der Waals surface area contributed by atoms with E-state index in [1.165, 1.54) is 0 Å². The van der Waals surface area contributed by atoms with E-state index < -0.39 is 36.4 Å². The highest BCUT2D eigenvalue weighted by Crippen LogP contribution is 2.37. The largest absolute Gasteiger partial charge is 0.390 e. The average Bonchev–Trinajstić information content (AvgIpc) is 2.66. The molecule has 0 spiro atoms. The number of hydrogen-bond acceptors (Lipinski definition) is 6. The Hall–Kier alpha value is -1.54. The molecule has 0 bridgehead atoms. The summed E-state index contributed by atoms with van der Waals surface area (Å²) in [5.41, 5.74) is 16.9. The van der Waals surface area contributed by atoms with Crippen molar-refractivity contribution in [2.24, 2.45) is 10.2 Å². The molecular weight excluding hydrogens is 256 g/mol. The molecule has 2 rings (SSSR count). The van der Waals surface area contributed by atoms with Gasteiger partial charge in [-0.25, -0.2) is 0 Å². The lowest BCUT2D eigenvalue weighted by atomic mass is 9.97. The summed E-state index contributed by atoms with van der Waals surface area (Å²) >= 11 is 0. The molecule has 2 heterocycles. The summed E-state index contributed by atoms with van der Waals surface area (Å²) in [6, 6.07) is -0.894. The van der Waals surface area contributed by atoms with Crippen molar-refractivity contribution in [2.45, 2.75) is 50.3 Å². The van der Waals surface area contributed by atoms with Crippen LogP contribution in [0.5, 0.6) is 0 Å². The predicted octanol–water partition coefficient (Wildman–Crippen LogP) is 1.21. The van der Waals surface area contributed by atoms with E-state index in [-0.39, 0.29) is 6.54 Å². The maximum Gasteiger partial charge on any atom is 0.190 e. The smallest absolute Gasteiger partial charge is 0.190 e. The molecule has 0 aromatic rings. The quantitative estimate of drug-likeness (QED) is 0.466. The van der Waals surface area contributed by atoms with E-state index in [4.69, 9.17) is 25.3 Å². The van der Waals surface area contributed by atoms with Gasteiger partial charge in [0.25, 0.3) is 0 Å². The second kappa shape index (κ2) is 5.22. The third kappa shape index (κ3) is 2.74. The highest BCUT2D eigenvalue weighted by Gasteiger charge is 2.53. The van der Waals surface area contributed by atoms with Gasteiger partial charge in [-0.1, -0.05) is 10.2 Å². The van der Waals surface area contributed by atoms with Crippen molar-refractivity contribution in [1.82, 2.24) is 0 Å². The summed E-state index contributed by atoms with van der Waals surface area (Å²) in [6.07, 6.45) is -3.36. The standard InChI is InChI=1S/C9H14N6O4/c1-9(2)18-7-6(16)5(13-15-11)4(3-12-14-10)17-8(7)19-9/h4-8,16H,3H2,1-2H3. The Morgan fingerprint density at radius 1 is 1.26 bits per heavy atom. The lowest BCUT2D eigenvalue weighted by Crippen LogP contribution is -2.56. The lowest BCUT2D eigenvalue weighted by Gasteiger charge is -2.37. The molecule has 19 heavy (non-hydrogen) atoms. The van der Waals surface area contributed by atoms with Crippen LogP contribution < -0.4 is 0 Å². The monoisotopic (exact) mass is 270 g/mol. The predicted molar refractivity (Wildman–Crippen MR) is 61.7 cm³/mol. The number of ether oxygens (including phenoxy) is 3. The van der Waals surface area contributed by atoms with Crippen LogP contribution in [-0.4, -0.2) is 48.1 Å². The van der Waals surface area contributed by atoms with Gasteiger partial charge in [0.15, 0.2) is 12.1 Å². The molecule has 1 N–H and O–H groups in total. The van der Waals surface area contributed by atoms with Crippen molar-refractivity contribution in [1.29, 1.82) is 0 Å². The van der Waals surface area contributed by atoms with E-state index in [0.29, 0.717) is 0 Å². The molecule has 2 aliphatic rings. The lowest BCUT2D eigenvalue weighted by molar-refractivity contribution is -0.221. The molecule has 0 saturated carbocycles. The second-order valence-electron chi connectivity index (χ2n) is 4.74. The number of hydrogen-bond donors (Lipinski definition) is 1. The third-order valence-corrected chi connectivity index (χ3v) is 2.97. The molecule has 2 saturated heterocycles. The van der Waals surface area contributed by atoms with E-state index in [1.807, 2.05) is 0 Å². The summed E-state index contributed by atoms with van der Waals surface area (Å²) in [7, 11) is 0. The normalized spacial score (nSPS) is 39.8. The highest BCUT2D eigenvalue weighted by molar-refractivity contribution is 4.98. The van der Waals surface area contributed by atoms with Crippen LogP contribution in [0.2, 0.25) is 0 Å². The van der Waals surface area contributed by atoms with Gasteiger partial charge in [-0.2, -0.15) is 0 Å². The molecule has 0 amide bonds. The first kappa shape index (κ1) is 13.9. The number of azide groups is 2. The summed E-state index contributed by atoms with van der Waals surface area (Å²) in [4.78, 5) is 5.29. The fraction of sp³-hybridized carbons (Fsp3) is 1.00. The topological polar surface area (TPSA) is 145 Å². The van der Waals surface area contributed by atoms with E-state index >= 15 is 0 Å². The molecule has 2 fully saturated rings. The number of aliphatic hydroxyl groups excluding tert-OH is 1. The minimum atomic E-state index is -1.09. The van der Waals surface area contributed by atoms with Crippen LogP contribution in [0, 0.1) is 0 Å². The zero-order valence-electron chi connectivity index (χ0n) is 10.4. The van der Waals surface area contributed by atoms with Crippen LogP contribution in [-0.2, 0) is 14.2 Å².